The number of aryl methyl sites for hydroxylation is 1. The van der Waals surface area contributed by atoms with Crippen LogP contribution in [0.3, 0.4) is 0 Å². The van der Waals surface area contributed by atoms with Crippen molar-refractivity contribution in [3.8, 4) is 0 Å². The second-order valence-electron chi connectivity index (χ2n) is 5.29. The van der Waals surface area contributed by atoms with Crippen molar-refractivity contribution in [3.05, 3.63) is 12.2 Å². The van der Waals surface area contributed by atoms with E-state index in [0.717, 1.165) is 44.7 Å². The summed E-state index contributed by atoms with van der Waals surface area (Å²) in [6.07, 6.45) is 4.54. The Morgan fingerprint density at radius 2 is 1.80 bits per heavy atom. The summed E-state index contributed by atoms with van der Waals surface area (Å²) >= 11 is 0. The zero-order valence-electron chi connectivity index (χ0n) is 13.8. The van der Waals surface area contributed by atoms with Gasteiger partial charge in [-0.05, 0) is 32.9 Å². The Bertz CT molecular complexity index is 379. The molecule has 5 nitrogen and oxygen atoms in total. The molecule has 1 aromatic rings. The van der Waals surface area contributed by atoms with Gasteiger partial charge >= 0.3 is 0 Å². The van der Waals surface area contributed by atoms with Crippen LogP contribution in [0, 0.1) is 0 Å². The fraction of sp³-hybridized carbons (Fsp3) is 0.867. The van der Waals surface area contributed by atoms with Crippen molar-refractivity contribution >= 4 is 0 Å². The van der Waals surface area contributed by atoms with Gasteiger partial charge in [0.25, 0.3) is 0 Å². The van der Waals surface area contributed by atoms with Crippen LogP contribution in [-0.2, 0) is 13.0 Å². The van der Waals surface area contributed by atoms with Crippen molar-refractivity contribution in [3.63, 3.8) is 0 Å². The molecule has 1 rings (SSSR count). The Kier molecular flexibility index (Phi) is 6.62. The number of nitrogens with zero attached hydrogens (tertiary/aromatic N) is 4. The lowest BCUT2D eigenvalue weighted by Crippen LogP contribution is -2.60. The molecule has 0 aromatic carbocycles. The number of hydrogen-bond acceptors (Lipinski definition) is 4. The average molecular weight is 281 g/mol. The molecule has 1 unspecified atom stereocenters. The fourth-order valence-electron chi connectivity index (χ4n) is 3.41. The summed E-state index contributed by atoms with van der Waals surface area (Å²) in [4.78, 5) is 6.88. The second-order valence-corrected chi connectivity index (χ2v) is 5.29. The maximum Gasteiger partial charge on any atom is 0.138 e. The Balaban J connectivity index is 2.97. The van der Waals surface area contributed by atoms with E-state index in [4.69, 9.17) is 5.73 Å². The monoisotopic (exact) mass is 281 g/mol. The normalized spacial score (nSPS) is 13.9. The Labute approximate surface area is 123 Å². The predicted octanol–water partition coefficient (Wildman–Crippen LogP) is 2.07. The van der Waals surface area contributed by atoms with E-state index in [1.165, 1.54) is 0 Å². The molecular weight excluding hydrogens is 250 g/mol. The molecule has 2 N–H and O–H groups in total. The molecule has 1 aromatic heterocycles. The minimum Gasteiger partial charge on any atom is -0.326 e. The van der Waals surface area contributed by atoms with Crippen LogP contribution in [0.25, 0.3) is 0 Å². The third kappa shape index (κ3) is 3.20. The van der Waals surface area contributed by atoms with Crippen LogP contribution >= 0.6 is 0 Å². The third-order valence-electron chi connectivity index (χ3n) is 4.71. The topological polar surface area (TPSA) is 60.0 Å². The van der Waals surface area contributed by atoms with Crippen molar-refractivity contribution in [2.75, 3.05) is 13.1 Å². The van der Waals surface area contributed by atoms with Crippen molar-refractivity contribution in [1.29, 1.82) is 0 Å². The maximum atomic E-state index is 6.62. The van der Waals surface area contributed by atoms with Crippen molar-refractivity contribution < 1.29 is 0 Å². The number of nitrogens with two attached hydrogens (primary N) is 1. The van der Waals surface area contributed by atoms with E-state index in [2.05, 4.69) is 49.6 Å². The van der Waals surface area contributed by atoms with E-state index in [-0.39, 0.29) is 11.6 Å². The van der Waals surface area contributed by atoms with Crippen LogP contribution < -0.4 is 5.73 Å². The summed E-state index contributed by atoms with van der Waals surface area (Å²) in [6, 6.07) is 0.0758. The van der Waals surface area contributed by atoms with E-state index in [1.54, 1.807) is 6.33 Å². The first kappa shape index (κ1) is 17.1. The maximum absolute atomic E-state index is 6.62. The van der Waals surface area contributed by atoms with Crippen LogP contribution in [-0.4, -0.2) is 44.3 Å². The minimum atomic E-state index is 0.0496. The smallest absolute Gasteiger partial charge is 0.138 e. The van der Waals surface area contributed by atoms with Crippen molar-refractivity contribution in [2.45, 2.75) is 72.0 Å². The summed E-state index contributed by atoms with van der Waals surface area (Å²) < 4.78 is 1.94. The van der Waals surface area contributed by atoms with Gasteiger partial charge in [0, 0.05) is 24.5 Å². The lowest BCUT2D eigenvalue weighted by atomic mass is 9.81. The standard InChI is InChI=1S/C15H31N5/c1-6-15(7-2,19(8-3)9-4)13(16)11-14-17-12-18-20(14)10-5/h12-13H,6-11,16H2,1-5H3. The van der Waals surface area contributed by atoms with Gasteiger partial charge in [-0.1, -0.05) is 27.7 Å². The fourth-order valence-corrected chi connectivity index (χ4v) is 3.41. The van der Waals surface area contributed by atoms with Crippen LogP contribution in [0.5, 0.6) is 0 Å². The van der Waals surface area contributed by atoms with E-state index < -0.39 is 0 Å². The summed E-state index contributed by atoms with van der Waals surface area (Å²) in [7, 11) is 0. The summed E-state index contributed by atoms with van der Waals surface area (Å²) in [5.74, 6) is 0.999. The zero-order chi connectivity index (χ0) is 15.2. The van der Waals surface area contributed by atoms with Gasteiger partial charge in [-0.15, -0.1) is 0 Å². The van der Waals surface area contributed by atoms with Gasteiger partial charge in [0.2, 0.25) is 0 Å². The summed E-state index contributed by atoms with van der Waals surface area (Å²) in [6.45, 7) is 13.9. The van der Waals surface area contributed by atoms with E-state index in [1.807, 2.05) is 4.68 Å². The molecule has 0 amide bonds. The predicted molar refractivity (Wildman–Crippen MR) is 83.6 cm³/mol. The highest BCUT2D eigenvalue weighted by Crippen LogP contribution is 2.28. The highest BCUT2D eigenvalue weighted by Gasteiger charge is 2.38. The molecule has 1 heterocycles. The molecule has 0 fully saturated rings. The molecule has 0 radical (unpaired) electrons. The van der Waals surface area contributed by atoms with E-state index in [9.17, 15) is 0 Å². The Morgan fingerprint density at radius 1 is 1.20 bits per heavy atom. The quantitative estimate of drug-likeness (QED) is 0.753. The largest absolute Gasteiger partial charge is 0.326 e. The molecule has 0 aliphatic carbocycles. The van der Waals surface area contributed by atoms with Gasteiger partial charge in [0.1, 0.15) is 12.2 Å². The second kappa shape index (κ2) is 7.74. The molecule has 5 heteroatoms. The molecule has 1 atom stereocenters. The number of aromatic nitrogens is 3. The van der Waals surface area contributed by atoms with Crippen LogP contribution in [0.1, 0.15) is 53.3 Å². The van der Waals surface area contributed by atoms with Gasteiger partial charge in [0.05, 0.1) is 0 Å². The van der Waals surface area contributed by atoms with E-state index >= 15 is 0 Å². The average Bonchev–Trinajstić information content (AvgIpc) is 2.91. The van der Waals surface area contributed by atoms with Crippen molar-refractivity contribution in [1.82, 2.24) is 19.7 Å². The molecular formula is C15H31N5. The molecule has 116 valence electrons. The molecule has 0 saturated heterocycles. The van der Waals surface area contributed by atoms with Crippen LogP contribution in [0.4, 0.5) is 0 Å². The highest BCUT2D eigenvalue weighted by molar-refractivity contribution is 5.02. The lowest BCUT2D eigenvalue weighted by molar-refractivity contribution is 0.0618. The minimum absolute atomic E-state index is 0.0496. The first-order valence-corrected chi connectivity index (χ1v) is 7.96. The number of rotatable bonds is 9. The van der Waals surface area contributed by atoms with Gasteiger partial charge < -0.3 is 5.73 Å². The summed E-state index contributed by atoms with van der Waals surface area (Å²) in [5.41, 5.74) is 6.67. The van der Waals surface area contributed by atoms with Crippen LogP contribution in [0.2, 0.25) is 0 Å². The molecule has 0 aliphatic heterocycles. The van der Waals surface area contributed by atoms with Gasteiger partial charge in [-0.3, -0.25) is 9.58 Å². The molecule has 0 saturated carbocycles. The third-order valence-corrected chi connectivity index (χ3v) is 4.71. The first-order chi connectivity index (χ1) is 9.59. The highest BCUT2D eigenvalue weighted by atomic mass is 15.3. The first-order valence-electron chi connectivity index (χ1n) is 7.96. The zero-order valence-corrected chi connectivity index (χ0v) is 13.8. The lowest BCUT2D eigenvalue weighted by Gasteiger charge is -2.46. The Hall–Kier alpha value is -0.940. The number of hydrogen-bond donors (Lipinski definition) is 1. The molecule has 20 heavy (non-hydrogen) atoms. The van der Waals surface area contributed by atoms with Crippen molar-refractivity contribution in [2.24, 2.45) is 5.73 Å². The Morgan fingerprint density at radius 3 is 2.25 bits per heavy atom. The van der Waals surface area contributed by atoms with E-state index in [0.29, 0.717) is 0 Å². The number of likely N-dealkylation sites (N-methyl/N-ethyl adjacent to an activating group) is 1. The molecule has 0 bridgehead atoms. The summed E-state index contributed by atoms with van der Waals surface area (Å²) in [5, 5.41) is 4.24. The van der Waals surface area contributed by atoms with Gasteiger partial charge in [-0.2, -0.15) is 5.10 Å². The molecule has 0 aliphatic rings. The van der Waals surface area contributed by atoms with Gasteiger partial charge in [-0.25, -0.2) is 4.98 Å². The van der Waals surface area contributed by atoms with Crippen LogP contribution in [0.15, 0.2) is 6.33 Å². The van der Waals surface area contributed by atoms with Gasteiger partial charge in [0.15, 0.2) is 0 Å². The SMILES string of the molecule is CCN(CC)C(CC)(CC)C(N)Cc1ncnn1CC. The molecule has 0 spiro atoms.